The number of halogens is 4. The van der Waals surface area contributed by atoms with Crippen LogP contribution in [0.1, 0.15) is 36.6 Å². The molecule has 0 spiro atoms. The molecule has 196 valence electrons. The lowest BCUT2D eigenvalue weighted by atomic mass is 9.97. The zero-order valence-electron chi connectivity index (χ0n) is 20.1. The molecule has 2 fully saturated rings. The first kappa shape index (κ1) is 25.6. The van der Waals surface area contributed by atoms with Crippen molar-refractivity contribution in [3.05, 3.63) is 76.4 Å². The highest BCUT2D eigenvalue weighted by molar-refractivity contribution is 8.00. The SMILES string of the molecule is Fc1ccc(F)c(SNc2cccc(-c3nc(C4CCN(C5CC5)CC4)sc3-c3ccnc(Cl)n3)c2F)c1. The van der Waals surface area contributed by atoms with Crippen molar-refractivity contribution >= 4 is 40.6 Å². The lowest BCUT2D eigenvalue weighted by Gasteiger charge is -2.30. The van der Waals surface area contributed by atoms with Gasteiger partial charge in [-0.2, -0.15) is 0 Å². The van der Waals surface area contributed by atoms with Gasteiger partial charge in [-0.05, 0) is 98.7 Å². The van der Waals surface area contributed by atoms with Gasteiger partial charge in [-0.3, -0.25) is 0 Å². The third-order valence-corrected chi connectivity index (χ3v) is 9.14. The number of anilines is 1. The number of nitrogens with one attached hydrogen (secondary N) is 1. The van der Waals surface area contributed by atoms with E-state index in [1.54, 1.807) is 30.5 Å². The third kappa shape index (κ3) is 5.40. The molecule has 38 heavy (non-hydrogen) atoms. The molecule has 1 saturated carbocycles. The highest BCUT2D eigenvalue weighted by Gasteiger charge is 2.33. The first-order chi connectivity index (χ1) is 18.5. The van der Waals surface area contributed by atoms with Crippen molar-refractivity contribution in [2.75, 3.05) is 17.8 Å². The van der Waals surface area contributed by atoms with Gasteiger partial charge in [0, 0.05) is 23.7 Å². The highest BCUT2D eigenvalue weighted by Crippen LogP contribution is 2.43. The van der Waals surface area contributed by atoms with Crippen molar-refractivity contribution in [1.82, 2.24) is 19.9 Å². The predicted octanol–water partition coefficient (Wildman–Crippen LogP) is 7.80. The molecule has 1 aliphatic carbocycles. The van der Waals surface area contributed by atoms with Crippen molar-refractivity contribution in [2.24, 2.45) is 0 Å². The largest absolute Gasteiger partial charge is 0.323 e. The molecule has 0 unspecified atom stereocenters. The molecule has 1 saturated heterocycles. The second kappa shape index (κ2) is 10.8. The van der Waals surface area contributed by atoms with Gasteiger partial charge in [-0.1, -0.05) is 6.07 Å². The maximum Gasteiger partial charge on any atom is 0.222 e. The van der Waals surface area contributed by atoms with E-state index in [-0.39, 0.29) is 27.3 Å². The molecule has 3 heterocycles. The van der Waals surface area contributed by atoms with E-state index in [1.165, 1.54) is 24.2 Å². The van der Waals surface area contributed by atoms with Crippen LogP contribution >= 0.6 is 34.9 Å². The fourth-order valence-electron chi connectivity index (χ4n) is 4.74. The fraction of sp³-hybridized carbons (Fsp3) is 0.296. The molecule has 0 radical (unpaired) electrons. The van der Waals surface area contributed by atoms with Crippen LogP contribution in [-0.4, -0.2) is 39.0 Å². The molecule has 6 rings (SSSR count). The second-order valence-electron chi connectivity index (χ2n) is 9.43. The van der Waals surface area contributed by atoms with E-state index in [0.29, 0.717) is 16.3 Å². The zero-order valence-corrected chi connectivity index (χ0v) is 22.5. The number of hydrogen-bond acceptors (Lipinski definition) is 7. The average Bonchev–Trinajstić information content (AvgIpc) is 3.68. The lowest BCUT2D eigenvalue weighted by Crippen LogP contribution is -2.34. The fourth-order valence-corrected chi connectivity index (χ4v) is 6.82. The van der Waals surface area contributed by atoms with Gasteiger partial charge in [0.2, 0.25) is 5.28 Å². The van der Waals surface area contributed by atoms with E-state index in [9.17, 15) is 8.78 Å². The van der Waals surface area contributed by atoms with Gasteiger partial charge in [0.15, 0.2) is 5.82 Å². The van der Waals surface area contributed by atoms with E-state index < -0.39 is 17.5 Å². The minimum absolute atomic E-state index is 0.0274. The Kier molecular flexibility index (Phi) is 7.31. The molecule has 0 atom stereocenters. The first-order valence-corrected chi connectivity index (χ1v) is 14.4. The average molecular weight is 574 g/mol. The number of nitrogens with zero attached hydrogens (tertiary/aromatic N) is 4. The van der Waals surface area contributed by atoms with E-state index in [2.05, 4.69) is 19.6 Å². The van der Waals surface area contributed by atoms with Gasteiger partial charge in [0.25, 0.3) is 0 Å². The minimum Gasteiger partial charge on any atom is -0.323 e. The van der Waals surface area contributed by atoms with E-state index >= 15 is 4.39 Å². The molecule has 2 aliphatic rings. The topological polar surface area (TPSA) is 53.9 Å². The van der Waals surface area contributed by atoms with Gasteiger partial charge in [0.05, 0.1) is 31.9 Å². The maximum absolute atomic E-state index is 15.9. The van der Waals surface area contributed by atoms with E-state index in [4.69, 9.17) is 16.6 Å². The van der Waals surface area contributed by atoms with Crippen LogP contribution in [0.15, 0.2) is 53.6 Å². The molecule has 2 aromatic heterocycles. The van der Waals surface area contributed by atoms with Crippen molar-refractivity contribution < 1.29 is 13.2 Å². The van der Waals surface area contributed by atoms with Crippen LogP contribution in [0, 0.1) is 17.5 Å². The Bertz CT molecular complexity index is 1470. The molecule has 4 aromatic rings. The van der Waals surface area contributed by atoms with Crippen molar-refractivity contribution in [3.8, 4) is 21.8 Å². The van der Waals surface area contributed by atoms with E-state index in [1.807, 2.05) is 0 Å². The van der Waals surface area contributed by atoms with Gasteiger partial charge >= 0.3 is 0 Å². The molecular weight excluding hydrogens is 551 g/mol. The Morgan fingerprint density at radius 2 is 1.82 bits per heavy atom. The van der Waals surface area contributed by atoms with Crippen LogP contribution in [0.2, 0.25) is 5.28 Å². The standard InChI is InChI=1S/C27H23ClF3N5S2/c28-27-32-11-8-21(33-27)25-24(34-26(37-25)15-9-12-36(13-10-15)17-5-6-17)18-2-1-3-20(23(18)31)35-38-22-14-16(29)4-7-19(22)30/h1-4,7-8,11,14-15,17,35H,5-6,9-10,12-13H2. The van der Waals surface area contributed by atoms with Crippen molar-refractivity contribution in [3.63, 3.8) is 0 Å². The number of aromatic nitrogens is 3. The van der Waals surface area contributed by atoms with Gasteiger partial charge in [-0.25, -0.2) is 28.1 Å². The van der Waals surface area contributed by atoms with Gasteiger partial charge < -0.3 is 9.62 Å². The maximum atomic E-state index is 15.9. The summed E-state index contributed by atoms with van der Waals surface area (Å²) in [5.41, 5.74) is 1.48. The normalized spacial score (nSPS) is 16.6. The summed E-state index contributed by atoms with van der Waals surface area (Å²) in [5.74, 6) is -1.43. The minimum atomic E-state index is -0.597. The van der Waals surface area contributed by atoms with Crippen LogP contribution in [0.4, 0.5) is 18.9 Å². The molecule has 1 N–H and O–H groups in total. The summed E-state index contributed by atoms with van der Waals surface area (Å²) in [6.07, 6.45) is 6.16. The Morgan fingerprint density at radius 1 is 1.00 bits per heavy atom. The summed E-state index contributed by atoms with van der Waals surface area (Å²) in [4.78, 5) is 16.6. The molecular formula is C27H23ClF3N5S2. The van der Waals surface area contributed by atoms with Crippen LogP contribution in [0.25, 0.3) is 21.8 Å². The highest BCUT2D eigenvalue weighted by atomic mass is 35.5. The molecule has 0 bridgehead atoms. The van der Waals surface area contributed by atoms with E-state index in [0.717, 1.165) is 67.1 Å². The Labute approximate surface area is 231 Å². The quantitative estimate of drug-likeness (QED) is 0.180. The number of thiazole rings is 1. The number of rotatable bonds is 7. The monoisotopic (exact) mass is 573 g/mol. The van der Waals surface area contributed by atoms with Gasteiger partial charge in [-0.15, -0.1) is 11.3 Å². The summed E-state index contributed by atoms with van der Waals surface area (Å²) in [5, 5.41) is 1.06. The number of likely N-dealkylation sites (tertiary alicyclic amines) is 1. The smallest absolute Gasteiger partial charge is 0.222 e. The summed E-state index contributed by atoms with van der Waals surface area (Å²) in [6.45, 7) is 2.08. The van der Waals surface area contributed by atoms with Crippen LogP contribution in [0.5, 0.6) is 0 Å². The zero-order chi connectivity index (χ0) is 26.2. The first-order valence-electron chi connectivity index (χ1n) is 12.4. The predicted molar refractivity (Wildman–Crippen MR) is 146 cm³/mol. The molecule has 0 amide bonds. The van der Waals surface area contributed by atoms with Crippen LogP contribution in [0.3, 0.4) is 0 Å². The Hall–Kier alpha value is -2.66. The summed E-state index contributed by atoms with van der Waals surface area (Å²) in [7, 11) is 0. The number of benzene rings is 2. The number of piperidine rings is 1. The molecule has 11 heteroatoms. The van der Waals surface area contributed by atoms with Crippen LogP contribution in [-0.2, 0) is 0 Å². The van der Waals surface area contributed by atoms with Crippen molar-refractivity contribution in [2.45, 2.75) is 42.5 Å². The lowest BCUT2D eigenvalue weighted by molar-refractivity contribution is 0.203. The molecule has 1 aliphatic heterocycles. The van der Waals surface area contributed by atoms with Crippen molar-refractivity contribution in [1.29, 1.82) is 0 Å². The Morgan fingerprint density at radius 3 is 2.58 bits per heavy atom. The molecule has 2 aromatic carbocycles. The third-order valence-electron chi connectivity index (χ3n) is 6.86. The molecule has 5 nitrogen and oxygen atoms in total. The summed E-state index contributed by atoms with van der Waals surface area (Å²) < 4.78 is 46.4. The number of hydrogen-bond donors (Lipinski definition) is 1. The summed E-state index contributed by atoms with van der Waals surface area (Å²) in [6, 6.07) is 10.5. The summed E-state index contributed by atoms with van der Waals surface area (Å²) >= 11 is 8.41. The van der Waals surface area contributed by atoms with Crippen LogP contribution < -0.4 is 4.72 Å². The second-order valence-corrected chi connectivity index (χ2v) is 11.6. The Balaban J connectivity index is 1.33. The van der Waals surface area contributed by atoms with Gasteiger partial charge in [0.1, 0.15) is 11.6 Å².